The minimum Gasteiger partial charge on any atom is -0.122 e. The Morgan fingerprint density at radius 2 is 2.25 bits per heavy atom. The van der Waals surface area contributed by atoms with E-state index in [2.05, 4.69) is 0 Å². The Morgan fingerprint density at radius 3 is 2.62 bits per heavy atom. The molecule has 0 aliphatic carbocycles. The molecule has 0 N–H and O–H groups in total. The molecule has 0 nitrogen and oxygen atoms in total. The van der Waals surface area contributed by atoms with Gasteiger partial charge in [0, 0.05) is 5.88 Å². The van der Waals surface area contributed by atoms with Crippen molar-refractivity contribution in [3.8, 4) is 0 Å². The zero-order chi connectivity index (χ0) is 6.41. The second kappa shape index (κ2) is 4.92. The maximum atomic E-state index is 5.49. The molecule has 0 aromatic rings. The number of alkyl halides is 1. The van der Waals surface area contributed by atoms with Crippen LogP contribution >= 0.6 is 11.6 Å². The Morgan fingerprint density at radius 1 is 1.62 bits per heavy atom. The van der Waals surface area contributed by atoms with Crippen LogP contribution in [0.25, 0.3) is 0 Å². The Hall–Kier alpha value is -0.230. The van der Waals surface area contributed by atoms with Gasteiger partial charge in [-0.3, -0.25) is 0 Å². The number of halogens is 1. The molecule has 0 heterocycles. The predicted molar refractivity (Wildman–Crippen MR) is 39.3 cm³/mol. The van der Waals surface area contributed by atoms with Crippen LogP contribution < -0.4 is 0 Å². The fourth-order valence-electron chi connectivity index (χ4n) is 0.305. The van der Waals surface area contributed by atoms with Crippen molar-refractivity contribution in [1.82, 2.24) is 0 Å². The van der Waals surface area contributed by atoms with Gasteiger partial charge in [0.05, 0.1) is 0 Å². The lowest BCUT2D eigenvalue weighted by Crippen LogP contribution is -1.71. The molecule has 0 spiro atoms. The van der Waals surface area contributed by atoms with Gasteiger partial charge in [0.15, 0.2) is 0 Å². The van der Waals surface area contributed by atoms with Crippen molar-refractivity contribution >= 4 is 11.6 Å². The summed E-state index contributed by atoms with van der Waals surface area (Å²) in [7, 11) is 0. The lowest BCUT2D eigenvalue weighted by atomic mass is 10.3. The van der Waals surface area contributed by atoms with E-state index in [1.165, 1.54) is 5.57 Å². The summed E-state index contributed by atoms with van der Waals surface area (Å²) in [6, 6.07) is 0. The molecule has 0 bridgehead atoms. The van der Waals surface area contributed by atoms with Crippen LogP contribution in [0.5, 0.6) is 0 Å². The summed E-state index contributed by atoms with van der Waals surface area (Å²) in [6.07, 6.45) is 5.97. The quantitative estimate of drug-likeness (QED) is 0.398. The van der Waals surface area contributed by atoms with E-state index >= 15 is 0 Å². The van der Waals surface area contributed by atoms with Gasteiger partial charge in [-0.05, 0) is 13.8 Å². The van der Waals surface area contributed by atoms with Crippen molar-refractivity contribution in [1.29, 1.82) is 0 Å². The van der Waals surface area contributed by atoms with Gasteiger partial charge in [-0.1, -0.05) is 23.8 Å². The molecule has 0 saturated carbocycles. The molecule has 8 heavy (non-hydrogen) atoms. The normalized spacial score (nSPS) is 13.1. The Bertz CT molecular complexity index is 101. The van der Waals surface area contributed by atoms with Crippen molar-refractivity contribution in [2.75, 3.05) is 5.88 Å². The van der Waals surface area contributed by atoms with E-state index in [-0.39, 0.29) is 0 Å². The van der Waals surface area contributed by atoms with Gasteiger partial charge in [0.1, 0.15) is 0 Å². The first-order chi connectivity index (χ1) is 3.81. The first-order valence-electron chi connectivity index (χ1n) is 2.65. The van der Waals surface area contributed by atoms with E-state index in [1.807, 2.05) is 32.1 Å². The van der Waals surface area contributed by atoms with Crippen LogP contribution in [0.1, 0.15) is 13.8 Å². The summed E-state index contributed by atoms with van der Waals surface area (Å²) in [5, 5.41) is 0. The Kier molecular flexibility index (Phi) is 4.78. The molecule has 46 valence electrons. The second-order valence-electron chi connectivity index (χ2n) is 1.67. The molecule has 1 heteroatoms. The third-order valence-electron chi connectivity index (χ3n) is 0.784. The number of hydrogen-bond acceptors (Lipinski definition) is 0. The third kappa shape index (κ3) is 3.94. The molecule has 0 amide bonds. The summed E-state index contributed by atoms with van der Waals surface area (Å²) in [6.45, 7) is 3.99. The molecule has 0 aromatic heterocycles. The fraction of sp³-hybridized carbons (Fsp3) is 0.429. The lowest BCUT2D eigenvalue weighted by Gasteiger charge is -1.85. The standard InChI is InChI=1S/C7H11Cl/c1-3-4-5-7(2)6-8/h3-5H,6H2,1-2H3/b4-3-,7-5-. The average Bonchev–Trinajstić information content (AvgIpc) is 1.83. The Labute approximate surface area is 55.9 Å². The maximum absolute atomic E-state index is 5.49. The monoisotopic (exact) mass is 130 g/mol. The summed E-state index contributed by atoms with van der Waals surface area (Å²) < 4.78 is 0. The van der Waals surface area contributed by atoms with E-state index in [4.69, 9.17) is 11.6 Å². The maximum Gasteiger partial charge on any atom is 0.0433 e. The number of rotatable bonds is 2. The largest absolute Gasteiger partial charge is 0.122 e. The SMILES string of the molecule is C/C=C\C=C(\C)CCl. The molecule has 0 fully saturated rings. The topological polar surface area (TPSA) is 0 Å². The molecule has 0 aliphatic rings. The van der Waals surface area contributed by atoms with Crippen molar-refractivity contribution < 1.29 is 0 Å². The van der Waals surface area contributed by atoms with E-state index in [9.17, 15) is 0 Å². The summed E-state index contributed by atoms with van der Waals surface area (Å²) in [4.78, 5) is 0. The summed E-state index contributed by atoms with van der Waals surface area (Å²) in [5.74, 6) is 0.629. The highest BCUT2D eigenvalue weighted by molar-refractivity contribution is 6.19. The predicted octanol–water partition coefficient (Wildman–Crippen LogP) is 2.75. The molecule has 0 aromatic carbocycles. The number of hydrogen-bond donors (Lipinski definition) is 0. The molecule has 0 atom stereocenters. The van der Waals surface area contributed by atoms with E-state index in [0.29, 0.717) is 5.88 Å². The zero-order valence-corrected chi connectivity index (χ0v) is 6.07. The zero-order valence-electron chi connectivity index (χ0n) is 5.32. The van der Waals surface area contributed by atoms with Crippen molar-refractivity contribution in [2.24, 2.45) is 0 Å². The van der Waals surface area contributed by atoms with E-state index < -0.39 is 0 Å². The minimum absolute atomic E-state index is 0.629. The molecule has 0 unspecified atom stereocenters. The highest BCUT2D eigenvalue weighted by Gasteiger charge is 1.77. The smallest absolute Gasteiger partial charge is 0.0433 e. The van der Waals surface area contributed by atoms with Crippen LogP contribution in [0, 0.1) is 0 Å². The van der Waals surface area contributed by atoms with Crippen LogP contribution in [0.3, 0.4) is 0 Å². The first kappa shape index (κ1) is 7.77. The van der Waals surface area contributed by atoms with Crippen LogP contribution in [-0.2, 0) is 0 Å². The third-order valence-corrected chi connectivity index (χ3v) is 1.21. The fourth-order valence-corrected chi connectivity index (χ4v) is 0.394. The van der Waals surface area contributed by atoms with Crippen LogP contribution in [0.2, 0.25) is 0 Å². The van der Waals surface area contributed by atoms with E-state index in [0.717, 1.165) is 0 Å². The van der Waals surface area contributed by atoms with Gasteiger partial charge in [-0.15, -0.1) is 11.6 Å². The van der Waals surface area contributed by atoms with Crippen LogP contribution in [0.4, 0.5) is 0 Å². The highest BCUT2D eigenvalue weighted by atomic mass is 35.5. The van der Waals surface area contributed by atoms with Gasteiger partial charge in [-0.2, -0.15) is 0 Å². The average molecular weight is 131 g/mol. The van der Waals surface area contributed by atoms with Crippen LogP contribution in [-0.4, -0.2) is 5.88 Å². The molecule has 0 rings (SSSR count). The van der Waals surface area contributed by atoms with Gasteiger partial charge < -0.3 is 0 Å². The lowest BCUT2D eigenvalue weighted by molar-refractivity contribution is 1.40. The highest BCUT2D eigenvalue weighted by Crippen LogP contribution is 1.94. The van der Waals surface area contributed by atoms with Gasteiger partial charge in [0.2, 0.25) is 0 Å². The van der Waals surface area contributed by atoms with Crippen LogP contribution in [0.15, 0.2) is 23.8 Å². The number of allylic oxidation sites excluding steroid dienone is 4. The summed E-state index contributed by atoms with van der Waals surface area (Å²) >= 11 is 5.49. The molecular weight excluding hydrogens is 120 g/mol. The molecule has 0 saturated heterocycles. The van der Waals surface area contributed by atoms with Crippen molar-refractivity contribution in [2.45, 2.75) is 13.8 Å². The second-order valence-corrected chi connectivity index (χ2v) is 1.94. The Balaban J connectivity index is 3.57. The van der Waals surface area contributed by atoms with Crippen molar-refractivity contribution in [3.05, 3.63) is 23.8 Å². The van der Waals surface area contributed by atoms with Gasteiger partial charge in [0.25, 0.3) is 0 Å². The van der Waals surface area contributed by atoms with E-state index in [1.54, 1.807) is 0 Å². The van der Waals surface area contributed by atoms with Gasteiger partial charge >= 0.3 is 0 Å². The molecule has 0 aliphatic heterocycles. The van der Waals surface area contributed by atoms with Gasteiger partial charge in [-0.25, -0.2) is 0 Å². The first-order valence-corrected chi connectivity index (χ1v) is 3.19. The summed E-state index contributed by atoms with van der Waals surface area (Å²) in [5.41, 5.74) is 1.20. The van der Waals surface area contributed by atoms with Crippen molar-refractivity contribution in [3.63, 3.8) is 0 Å². The minimum atomic E-state index is 0.629. The molecular formula is C7H11Cl. The molecule has 0 radical (unpaired) electrons.